The lowest BCUT2D eigenvalue weighted by Gasteiger charge is -2.17. The molecule has 29 heavy (non-hydrogen) atoms. The molecule has 2 aliphatic rings. The minimum absolute atomic E-state index is 0.0712. The maximum atomic E-state index is 12.5. The van der Waals surface area contributed by atoms with E-state index in [0.717, 1.165) is 66.5 Å². The number of carbonyl (C=O) groups excluding carboxylic acids is 1. The van der Waals surface area contributed by atoms with Crippen LogP contribution in [0.4, 0.5) is 10.5 Å². The summed E-state index contributed by atoms with van der Waals surface area (Å²) in [5, 5.41) is 3.42. The van der Waals surface area contributed by atoms with E-state index in [9.17, 15) is 13.2 Å². The van der Waals surface area contributed by atoms with Gasteiger partial charge in [-0.25, -0.2) is 9.52 Å². The van der Waals surface area contributed by atoms with E-state index in [-0.39, 0.29) is 6.54 Å². The van der Waals surface area contributed by atoms with Gasteiger partial charge in [0.1, 0.15) is 0 Å². The normalized spacial score (nSPS) is 15.1. The fourth-order valence-electron chi connectivity index (χ4n) is 4.29. The van der Waals surface area contributed by atoms with Crippen molar-refractivity contribution in [2.45, 2.75) is 52.0 Å². The number of aryl methyl sites for hydroxylation is 3. The Hall–Kier alpha value is -2.09. The first-order valence-electron chi connectivity index (χ1n) is 9.82. The molecular weight excluding hydrogens is 410 g/mol. The Morgan fingerprint density at radius 2 is 1.69 bits per heavy atom. The monoisotopic (exact) mass is 433 g/mol. The molecule has 4 rings (SSSR count). The maximum absolute atomic E-state index is 12.5. The first-order chi connectivity index (χ1) is 13.8. The van der Waals surface area contributed by atoms with Crippen molar-refractivity contribution >= 4 is 33.5 Å². The number of carbonyl (C=O) groups is 1. The zero-order chi connectivity index (χ0) is 20.6. The molecule has 0 aliphatic heterocycles. The lowest BCUT2D eigenvalue weighted by atomic mass is 9.99. The molecule has 0 fully saturated rings. The van der Waals surface area contributed by atoms with Gasteiger partial charge in [0.05, 0.1) is 0 Å². The highest BCUT2D eigenvalue weighted by atomic mass is 35.5. The number of halogens is 1. The predicted octanol–water partition coefficient (Wildman–Crippen LogP) is 3.78. The molecule has 8 heteroatoms. The zero-order valence-electron chi connectivity index (χ0n) is 16.3. The first kappa shape index (κ1) is 20.2. The summed E-state index contributed by atoms with van der Waals surface area (Å²) in [6.45, 7) is 1.92. The quantitative estimate of drug-likeness (QED) is 0.670. The van der Waals surface area contributed by atoms with E-state index in [1.165, 1.54) is 11.1 Å². The molecule has 0 radical (unpaired) electrons. The topological polar surface area (TPSA) is 87.3 Å². The zero-order valence-corrected chi connectivity index (χ0v) is 17.8. The van der Waals surface area contributed by atoms with Gasteiger partial charge < -0.3 is 5.32 Å². The molecule has 0 heterocycles. The number of nitrogens with one attached hydrogen (secondary N) is 3. The number of amides is 2. The van der Waals surface area contributed by atoms with Crippen LogP contribution in [0, 0.1) is 6.92 Å². The van der Waals surface area contributed by atoms with Gasteiger partial charge in [0.15, 0.2) is 0 Å². The van der Waals surface area contributed by atoms with E-state index in [1.54, 1.807) is 18.2 Å². The Morgan fingerprint density at radius 1 is 1.03 bits per heavy atom. The fourth-order valence-corrected chi connectivity index (χ4v) is 5.23. The summed E-state index contributed by atoms with van der Waals surface area (Å²) in [7, 11) is -4.00. The van der Waals surface area contributed by atoms with Crippen LogP contribution < -0.4 is 14.8 Å². The van der Waals surface area contributed by atoms with Crippen LogP contribution in [0.1, 0.15) is 46.2 Å². The SMILES string of the molecule is Cc1cc(Cl)ccc1CNS(=O)(=O)NC(=O)Nc1c2c(cc3c1CCC3)CCC2. The van der Waals surface area contributed by atoms with Crippen LogP contribution in [0.2, 0.25) is 5.02 Å². The third-order valence-corrected chi connectivity index (χ3v) is 6.91. The minimum Gasteiger partial charge on any atom is -0.307 e. The standard InChI is InChI=1S/C21H24ClN3O3S/c1-13-10-17(22)9-8-16(13)12-23-29(27,28)25-21(26)24-20-18-6-2-4-14(18)11-15-5-3-7-19(15)20/h8-11,23H,2-7,12H2,1H3,(H2,24,25,26). The van der Waals surface area contributed by atoms with E-state index in [1.807, 2.05) is 6.92 Å². The van der Waals surface area contributed by atoms with E-state index in [2.05, 4.69) is 20.8 Å². The average Bonchev–Trinajstić information content (AvgIpc) is 3.29. The van der Waals surface area contributed by atoms with Crippen LogP contribution in [0.3, 0.4) is 0 Å². The second-order valence-corrected chi connectivity index (χ2v) is 9.62. The highest BCUT2D eigenvalue weighted by Gasteiger charge is 2.25. The van der Waals surface area contributed by atoms with Gasteiger partial charge in [0, 0.05) is 17.3 Å². The largest absolute Gasteiger partial charge is 0.333 e. The first-order valence-corrected chi connectivity index (χ1v) is 11.7. The van der Waals surface area contributed by atoms with E-state index < -0.39 is 16.2 Å². The van der Waals surface area contributed by atoms with Crippen LogP contribution >= 0.6 is 11.6 Å². The lowest BCUT2D eigenvalue weighted by Crippen LogP contribution is -2.42. The Labute approximate surface area is 176 Å². The van der Waals surface area contributed by atoms with Crippen LogP contribution in [0.25, 0.3) is 0 Å². The molecule has 2 aromatic carbocycles. The summed E-state index contributed by atoms with van der Waals surface area (Å²) in [5.74, 6) is 0. The molecule has 0 spiro atoms. The van der Waals surface area contributed by atoms with Crippen LogP contribution in [-0.4, -0.2) is 14.4 Å². The van der Waals surface area contributed by atoms with Crippen molar-refractivity contribution in [3.05, 3.63) is 62.7 Å². The summed E-state index contributed by atoms with van der Waals surface area (Å²) >= 11 is 5.93. The highest BCUT2D eigenvalue weighted by Crippen LogP contribution is 2.38. The molecule has 3 N–H and O–H groups in total. The van der Waals surface area contributed by atoms with Crippen LogP contribution in [0.5, 0.6) is 0 Å². The number of hydrogen-bond donors (Lipinski definition) is 3. The number of fused-ring (bicyclic) bond motifs is 2. The van der Waals surface area contributed by atoms with E-state index in [0.29, 0.717) is 5.02 Å². The van der Waals surface area contributed by atoms with Crippen LogP contribution in [-0.2, 0) is 42.4 Å². The van der Waals surface area contributed by atoms with Gasteiger partial charge in [-0.1, -0.05) is 23.7 Å². The molecule has 2 aromatic rings. The van der Waals surface area contributed by atoms with Crippen molar-refractivity contribution in [1.29, 1.82) is 0 Å². The maximum Gasteiger partial charge on any atom is 0.333 e. The molecule has 6 nitrogen and oxygen atoms in total. The van der Waals surface area contributed by atoms with Gasteiger partial charge >= 0.3 is 16.2 Å². The predicted molar refractivity (Wildman–Crippen MR) is 115 cm³/mol. The molecule has 0 saturated heterocycles. The van der Waals surface area contributed by atoms with Gasteiger partial charge in [-0.2, -0.15) is 13.1 Å². The van der Waals surface area contributed by atoms with Crippen molar-refractivity contribution in [2.24, 2.45) is 0 Å². The Kier molecular flexibility index (Phi) is 5.55. The van der Waals surface area contributed by atoms with E-state index >= 15 is 0 Å². The van der Waals surface area contributed by atoms with Crippen molar-refractivity contribution in [3.8, 4) is 0 Å². The summed E-state index contributed by atoms with van der Waals surface area (Å²) in [5.41, 5.74) is 7.35. The number of hydrogen-bond acceptors (Lipinski definition) is 3. The Bertz CT molecular complexity index is 1050. The third kappa shape index (κ3) is 4.42. The van der Waals surface area contributed by atoms with Crippen LogP contribution in [0.15, 0.2) is 24.3 Å². The molecule has 0 aromatic heterocycles. The smallest absolute Gasteiger partial charge is 0.307 e. The molecule has 0 unspecified atom stereocenters. The van der Waals surface area contributed by atoms with Crippen molar-refractivity contribution in [1.82, 2.24) is 9.44 Å². The second kappa shape index (κ2) is 7.97. The summed E-state index contributed by atoms with van der Waals surface area (Å²) in [6.07, 6.45) is 5.99. The molecule has 0 atom stereocenters. The average molecular weight is 434 g/mol. The van der Waals surface area contributed by atoms with Gasteiger partial charge in [0.2, 0.25) is 0 Å². The van der Waals surface area contributed by atoms with Gasteiger partial charge in [-0.05, 0) is 91.0 Å². The minimum atomic E-state index is -4.00. The van der Waals surface area contributed by atoms with E-state index in [4.69, 9.17) is 11.6 Å². The Balaban J connectivity index is 1.45. The van der Waals surface area contributed by atoms with Gasteiger partial charge in [-0.3, -0.25) is 0 Å². The molecule has 0 bridgehead atoms. The number of urea groups is 1. The number of benzene rings is 2. The molecule has 154 valence electrons. The molecular formula is C21H24ClN3O3S. The summed E-state index contributed by atoms with van der Waals surface area (Å²) in [4.78, 5) is 12.5. The third-order valence-electron chi connectivity index (χ3n) is 5.70. The van der Waals surface area contributed by atoms with Crippen molar-refractivity contribution < 1.29 is 13.2 Å². The lowest BCUT2D eigenvalue weighted by molar-refractivity contribution is 0.256. The van der Waals surface area contributed by atoms with Crippen molar-refractivity contribution in [3.63, 3.8) is 0 Å². The highest BCUT2D eigenvalue weighted by molar-refractivity contribution is 7.88. The van der Waals surface area contributed by atoms with Gasteiger partial charge in [0.25, 0.3) is 0 Å². The number of rotatable bonds is 5. The summed E-state index contributed by atoms with van der Waals surface area (Å²) in [6, 6.07) is 6.76. The molecule has 0 saturated carbocycles. The number of anilines is 1. The summed E-state index contributed by atoms with van der Waals surface area (Å²) < 4.78 is 29.2. The fraction of sp³-hybridized carbons (Fsp3) is 0.381. The van der Waals surface area contributed by atoms with Gasteiger partial charge in [-0.15, -0.1) is 0 Å². The molecule has 2 aliphatic carbocycles. The second-order valence-electron chi connectivity index (χ2n) is 7.69. The van der Waals surface area contributed by atoms with Crippen molar-refractivity contribution in [2.75, 3.05) is 5.32 Å². The Morgan fingerprint density at radius 3 is 2.31 bits per heavy atom. The molecule has 2 amide bonds.